The first kappa shape index (κ1) is 14.4. The van der Waals surface area contributed by atoms with Crippen LogP contribution in [0.2, 0.25) is 0 Å². The second kappa shape index (κ2) is 5.93. The number of hydrogen-bond acceptors (Lipinski definition) is 2. The van der Waals surface area contributed by atoms with Crippen molar-refractivity contribution >= 4 is 11.8 Å². The van der Waals surface area contributed by atoms with Crippen LogP contribution in [0.4, 0.5) is 0 Å². The lowest BCUT2D eigenvalue weighted by molar-refractivity contribution is -0.130. The van der Waals surface area contributed by atoms with E-state index in [0.29, 0.717) is 24.9 Å². The third kappa shape index (κ3) is 3.28. The van der Waals surface area contributed by atoms with Crippen LogP contribution in [0.25, 0.3) is 0 Å². The molecule has 2 amide bonds. The van der Waals surface area contributed by atoms with Gasteiger partial charge in [-0.25, -0.2) is 0 Å². The Morgan fingerprint density at radius 1 is 1.32 bits per heavy atom. The average Bonchev–Trinajstić information content (AvgIpc) is 2.74. The quantitative estimate of drug-likeness (QED) is 0.848. The van der Waals surface area contributed by atoms with E-state index in [0.717, 1.165) is 6.42 Å². The molecule has 0 unspecified atom stereocenters. The monoisotopic (exact) mass is 266 g/mol. The Morgan fingerprint density at radius 3 is 2.58 bits per heavy atom. The van der Waals surface area contributed by atoms with Gasteiger partial charge in [-0.3, -0.25) is 9.59 Å². The lowest BCUT2D eigenvalue weighted by atomic mass is 9.85. The molecule has 0 radical (unpaired) electrons. The highest BCUT2D eigenvalue weighted by atomic mass is 16.2. The van der Waals surface area contributed by atoms with Crippen LogP contribution in [0.1, 0.15) is 52.9 Å². The Labute approximate surface area is 115 Å². The third-order valence-electron chi connectivity index (χ3n) is 4.59. The van der Waals surface area contributed by atoms with E-state index in [4.69, 9.17) is 0 Å². The topological polar surface area (TPSA) is 49.4 Å². The molecule has 1 N–H and O–H groups in total. The molecule has 0 spiro atoms. The Balaban J connectivity index is 1.89. The van der Waals surface area contributed by atoms with Crippen molar-refractivity contribution in [1.29, 1.82) is 0 Å². The van der Waals surface area contributed by atoms with E-state index in [9.17, 15) is 9.59 Å². The van der Waals surface area contributed by atoms with Gasteiger partial charge in [-0.2, -0.15) is 0 Å². The van der Waals surface area contributed by atoms with Gasteiger partial charge in [-0.15, -0.1) is 0 Å². The summed E-state index contributed by atoms with van der Waals surface area (Å²) in [5.41, 5.74) is 0. The molecule has 2 aliphatic rings. The fourth-order valence-corrected chi connectivity index (χ4v) is 3.24. The molecule has 19 heavy (non-hydrogen) atoms. The van der Waals surface area contributed by atoms with Gasteiger partial charge in [0.1, 0.15) is 0 Å². The van der Waals surface area contributed by atoms with Gasteiger partial charge in [0.05, 0.1) is 5.92 Å². The predicted molar refractivity (Wildman–Crippen MR) is 74.5 cm³/mol. The van der Waals surface area contributed by atoms with E-state index < -0.39 is 0 Å². The van der Waals surface area contributed by atoms with Gasteiger partial charge in [-0.1, -0.05) is 19.8 Å². The Bertz CT molecular complexity index is 354. The smallest absolute Gasteiger partial charge is 0.225 e. The lowest BCUT2D eigenvalue weighted by Crippen LogP contribution is -2.44. The number of carbonyl (C=O) groups excluding carboxylic acids is 2. The van der Waals surface area contributed by atoms with E-state index in [1.54, 1.807) is 0 Å². The van der Waals surface area contributed by atoms with Crippen LogP contribution in [-0.2, 0) is 9.59 Å². The zero-order valence-corrected chi connectivity index (χ0v) is 12.3. The van der Waals surface area contributed by atoms with Crippen LogP contribution in [0.15, 0.2) is 0 Å². The summed E-state index contributed by atoms with van der Waals surface area (Å²) in [4.78, 5) is 25.9. The highest BCUT2D eigenvalue weighted by Crippen LogP contribution is 2.25. The van der Waals surface area contributed by atoms with Gasteiger partial charge >= 0.3 is 0 Å². The maximum Gasteiger partial charge on any atom is 0.225 e. The van der Waals surface area contributed by atoms with Crippen LogP contribution in [0, 0.1) is 11.8 Å². The summed E-state index contributed by atoms with van der Waals surface area (Å²) in [7, 11) is 0. The summed E-state index contributed by atoms with van der Waals surface area (Å²) in [5, 5.41) is 3.17. The number of rotatable bonds is 3. The molecule has 1 heterocycles. The van der Waals surface area contributed by atoms with Crippen molar-refractivity contribution in [3.63, 3.8) is 0 Å². The van der Waals surface area contributed by atoms with E-state index in [-0.39, 0.29) is 23.8 Å². The van der Waals surface area contributed by atoms with Crippen molar-refractivity contribution in [2.75, 3.05) is 6.54 Å². The number of carbonyl (C=O) groups is 2. The number of nitrogens with one attached hydrogen (secondary N) is 1. The van der Waals surface area contributed by atoms with Crippen molar-refractivity contribution in [3.8, 4) is 0 Å². The summed E-state index contributed by atoms with van der Waals surface area (Å²) in [5.74, 6) is 0.613. The molecule has 1 saturated carbocycles. The predicted octanol–water partition coefficient (Wildman–Crippen LogP) is 1.94. The van der Waals surface area contributed by atoms with Crippen LogP contribution in [0.5, 0.6) is 0 Å². The van der Waals surface area contributed by atoms with Gasteiger partial charge in [0.2, 0.25) is 11.8 Å². The summed E-state index contributed by atoms with van der Waals surface area (Å²) >= 11 is 0. The van der Waals surface area contributed by atoms with Crippen molar-refractivity contribution in [2.45, 2.75) is 65.0 Å². The summed E-state index contributed by atoms with van der Waals surface area (Å²) in [6.45, 7) is 6.80. The molecule has 108 valence electrons. The summed E-state index contributed by atoms with van der Waals surface area (Å²) in [6, 6.07) is 0.503. The highest BCUT2D eigenvalue weighted by Gasteiger charge is 2.36. The second-order valence-corrected chi connectivity index (χ2v) is 6.42. The molecule has 0 aromatic rings. The van der Waals surface area contributed by atoms with Gasteiger partial charge in [0.25, 0.3) is 0 Å². The maximum atomic E-state index is 12.3. The van der Waals surface area contributed by atoms with E-state index >= 15 is 0 Å². The lowest BCUT2D eigenvalue weighted by Gasteiger charge is -2.30. The molecule has 1 aliphatic carbocycles. The van der Waals surface area contributed by atoms with Crippen molar-refractivity contribution in [1.82, 2.24) is 10.2 Å². The maximum absolute atomic E-state index is 12.3. The standard InChI is InChI=1S/C15H26N2O2/c1-10(2)17-9-12(8-14(17)18)15(19)16-13-7-5-4-6-11(13)3/h10-13H,4-9H2,1-3H3,(H,16,19)/t11-,12-,13+/m1/s1. The van der Waals surface area contributed by atoms with Gasteiger partial charge in [-0.05, 0) is 32.6 Å². The Kier molecular flexibility index (Phi) is 4.48. The molecular formula is C15H26N2O2. The summed E-state index contributed by atoms with van der Waals surface area (Å²) in [6.07, 6.45) is 5.15. The zero-order chi connectivity index (χ0) is 14.0. The average molecular weight is 266 g/mol. The van der Waals surface area contributed by atoms with Crippen molar-refractivity contribution in [2.24, 2.45) is 11.8 Å². The molecule has 4 heteroatoms. The van der Waals surface area contributed by atoms with Crippen LogP contribution in [-0.4, -0.2) is 35.3 Å². The van der Waals surface area contributed by atoms with Crippen molar-refractivity contribution < 1.29 is 9.59 Å². The molecular weight excluding hydrogens is 240 g/mol. The minimum atomic E-state index is -0.149. The molecule has 1 aliphatic heterocycles. The number of nitrogens with zero attached hydrogens (tertiary/aromatic N) is 1. The fourth-order valence-electron chi connectivity index (χ4n) is 3.24. The van der Waals surface area contributed by atoms with E-state index in [1.807, 2.05) is 18.7 Å². The fraction of sp³-hybridized carbons (Fsp3) is 0.867. The summed E-state index contributed by atoms with van der Waals surface area (Å²) < 4.78 is 0. The normalized spacial score (nSPS) is 31.9. The van der Waals surface area contributed by atoms with Gasteiger partial charge in [0.15, 0.2) is 0 Å². The Hall–Kier alpha value is -1.06. The highest BCUT2D eigenvalue weighted by molar-refractivity contribution is 5.89. The van der Waals surface area contributed by atoms with E-state index in [1.165, 1.54) is 19.3 Å². The molecule has 3 atom stereocenters. The minimum absolute atomic E-state index is 0.0789. The first-order valence-electron chi connectivity index (χ1n) is 7.59. The number of likely N-dealkylation sites (tertiary alicyclic amines) is 1. The van der Waals surface area contributed by atoms with Crippen LogP contribution in [0.3, 0.4) is 0 Å². The third-order valence-corrected chi connectivity index (χ3v) is 4.59. The molecule has 1 saturated heterocycles. The first-order valence-corrected chi connectivity index (χ1v) is 7.59. The molecule has 4 nitrogen and oxygen atoms in total. The molecule has 0 aromatic heterocycles. The molecule has 2 rings (SSSR count). The van der Waals surface area contributed by atoms with Crippen LogP contribution < -0.4 is 5.32 Å². The minimum Gasteiger partial charge on any atom is -0.353 e. The van der Waals surface area contributed by atoms with Gasteiger partial charge in [0, 0.05) is 25.0 Å². The van der Waals surface area contributed by atoms with Crippen LogP contribution >= 0.6 is 0 Å². The first-order chi connectivity index (χ1) is 8.99. The largest absolute Gasteiger partial charge is 0.353 e. The SMILES string of the molecule is CC(C)N1C[C@H](C(=O)N[C@H]2CCCC[C@H]2C)CC1=O. The second-order valence-electron chi connectivity index (χ2n) is 6.42. The molecule has 2 fully saturated rings. The number of hydrogen-bond donors (Lipinski definition) is 1. The van der Waals surface area contributed by atoms with Gasteiger partial charge < -0.3 is 10.2 Å². The number of amides is 2. The zero-order valence-electron chi connectivity index (χ0n) is 12.3. The Morgan fingerprint density at radius 2 is 2.00 bits per heavy atom. The molecule has 0 bridgehead atoms. The van der Waals surface area contributed by atoms with Crippen molar-refractivity contribution in [3.05, 3.63) is 0 Å². The molecule has 0 aromatic carbocycles. The van der Waals surface area contributed by atoms with E-state index in [2.05, 4.69) is 12.2 Å².